The Labute approximate surface area is 181 Å². The molecule has 16 heteroatoms. The molecule has 2 heterocycles. The molecule has 0 aromatic heterocycles. The summed E-state index contributed by atoms with van der Waals surface area (Å²) in [6.45, 7) is 2.12. The zero-order valence-electron chi connectivity index (χ0n) is 16.6. The number of nitrogens with zero attached hydrogens (tertiary/aromatic N) is 2. The fourth-order valence-corrected chi connectivity index (χ4v) is 5.83. The van der Waals surface area contributed by atoms with Crippen molar-refractivity contribution in [3.8, 4) is 0 Å². The van der Waals surface area contributed by atoms with Gasteiger partial charge in [0.25, 0.3) is 0 Å². The van der Waals surface area contributed by atoms with Crippen LogP contribution in [0.4, 0.5) is 20.6 Å². The maximum Gasteiger partial charge on any atom is 0.414 e. The van der Waals surface area contributed by atoms with Gasteiger partial charge in [-0.15, -0.1) is 0 Å². The van der Waals surface area contributed by atoms with Crippen LogP contribution >= 0.6 is 15.2 Å². The summed E-state index contributed by atoms with van der Waals surface area (Å²) in [4.78, 5) is 63.4. The summed E-state index contributed by atoms with van der Waals surface area (Å²) in [5.41, 5.74) is 0.607. The summed E-state index contributed by atoms with van der Waals surface area (Å²) in [6, 6.07) is 4.26. The van der Waals surface area contributed by atoms with Crippen LogP contribution in [0.3, 0.4) is 0 Å². The van der Waals surface area contributed by atoms with E-state index in [0.717, 1.165) is 18.0 Å². The first-order valence-corrected chi connectivity index (χ1v) is 12.9. The summed E-state index contributed by atoms with van der Waals surface area (Å²) in [7, 11) is -10.9. The highest BCUT2D eigenvalue weighted by Gasteiger charge is 2.49. The first kappa shape index (κ1) is 24.6. The van der Waals surface area contributed by atoms with E-state index in [4.69, 9.17) is 24.3 Å². The van der Waals surface area contributed by atoms with Gasteiger partial charge >= 0.3 is 21.3 Å². The number of cyclic esters (lactones) is 1. The molecule has 2 fully saturated rings. The number of hydrogen-bond donors (Lipinski definition) is 6. The summed E-state index contributed by atoms with van der Waals surface area (Å²) in [6.07, 6.45) is -1.82. The number of halogens is 1. The first-order valence-electron chi connectivity index (χ1n) is 9.49. The Morgan fingerprint density at radius 2 is 1.84 bits per heavy atom. The van der Waals surface area contributed by atoms with Crippen LogP contribution in [0, 0.1) is 5.82 Å². The van der Waals surface area contributed by atoms with Crippen LogP contribution < -0.4 is 20.4 Å². The third kappa shape index (κ3) is 5.65. The number of rotatable bonds is 7. The number of ether oxygens (including phenoxy) is 1. The summed E-state index contributed by atoms with van der Waals surface area (Å²) >= 11 is 0. The molecule has 32 heavy (non-hydrogen) atoms. The molecule has 6 N–H and O–H groups in total. The Kier molecular flexibility index (Phi) is 7.25. The molecule has 2 aliphatic heterocycles. The highest BCUT2D eigenvalue weighted by atomic mass is 31.2. The molecule has 13 nitrogen and oxygen atoms in total. The van der Waals surface area contributed by atoms with Crippen molar-refractivity contribution in [3.63, 3.8) is 0 Å². The average Bonchev–Trinajstić information content (AvgIpc) is 3.05. The van der Waals surface area contributed by atoms with E-state index >= 15 is 0 Å². The molecule has 0 aliphatic carbocycles. The molecular formula is C16H23FN4O9P2. The monoisotopic (exact) mass is 496 g/mol. The van der Waals surface area contributed by atoms with Crippen molar-refractivity contribution in [1.82, 2.24) is 10.6 Å². The van der Waals surface area contributed by atoms with Crippen molar-refractivity contribution < 1.29 is 47.4 Å². The molecule has 1 atom stereocenters. The predicted molar refractivity (Wildman–Crippen MR) is 110 cm³/mol. The van der Waals surface area contributed by atoms with E-state index in [9.17, 15) is 23.1 Å². The number of amides is 2. The summed E-state index contributed by atoms with van der Waals surface area (Å²) < 4.78 is 42.3. The molecule has 178 valence electrons. The molecular weight excluding hydrogens is 473 g/mol. The second-order valence-electron chi connectivity index (χ2n) is 7.29. The van der Waals surface area contributed by atoms with Gasteiger partial charge in [0.2, 0.25) is 11.3 Å². The van der Waals surface area contributed by atoms with Crippen LogP contribution in [-0.4, -0.2) is 82.3 Å². The van der Waals surface area contributed by atoms with E-state index in [1.54, 1.807) is 12.1 Å². The lowest BCUT2D eigenvalue weighted by Crippen LogP contribution is -2.43. The Morgan fingerprint density at radius 1 is 1.22 bits per heavy atom. The van der Waals surface area contributed by atoms with Gasteiger partial charge in [-0.3, -0.25) is 18.8 Å². The number of carbonyl (C=O) groups excluding carboxylic acids is 2. The molecule has 0 bridgehead atoms. The van der Waals surface area contributed by atoms with E-state index in [1.165, 1.54) is 6.07 Å². The number of carbonyl (C=O) groups is 2. The molecule has 1 aromatic carbocycles. The van der Waals surface area contributed by atoms with E-state index in [2.05, 4.69) is 5.32 Å². The Hall–Kier alpha value is -2.05. The van der Waals surface area contributed by atoms with Crippen LogP contribution in [0.1, 0.15) is 0 Å². The number of nitrogens with one attached hydrogen (secondary N) is 2. The third-order valence-corrected chi connectivity index (χ3v) is 8.50. The van der Waals surface area contributed by atoms with Crippen LogP contribution in [0.25, 0.3) is 0 Å². The highest BCUT2D eigenvalue weighted by molar-refractivity contribution is 7.72. The quantitative estimate of drug-likeness (QED) is 0.263. The van der Waals surface area contributed by atoms with Crippen molar-refractivity contribution in [2.45, 2.75) is 11.5 Å². The van der Waals surface area contributed by atoms with Gasteiger partial charge in [-0.25, -0.2) is 9.18 Å². The highest BCUT2D eigenvalue weighted by Crippen LogP contribution is 2.59. The number of piperazine rings is 1. The van der Waals surface area contributed by atoms with Gasteiger partial charge in [0.05, 0.1) is 24.5 Å². The van der Waals surface area contributed by atoms with Gasteiger partial charge < -0.3 is 39.8 Å². The van der Waals surface area contributed by atoms with Crippen molar-refractivity contribution in [1.29, 1.82) is 0 Å². The second kappa shape index (κ2) is 9.44. The lowest BCUT2D eigenvalue weighted by Gasteiger charge is -2.30. The molecule has 0 radical (unpaired) electrons. The fraction of sp³-hybridized carbons (Fsp3) is 0.500. The van der Waals surface area contributed by atoms with Gasteiger partial charge in [0, 0.05) is 26.2 Å². The minimum Gasteiger partial charge on any atom is -0.442 e. The van der Waals surface area contributed by atoms with E-state index in [1.807, 2.05) is 10.2 Å². The third-order valence-electron chi connectivity index (χ3n) is 4.95. The minimum atomic E-state index is -5.45. The van der Waals surface area contributed by atoms with Crippen LogP contribution in [0.15, 0.2) is 18.2 Å². The van der Waals surface area contributed by atoms with Gasteiger partial charge in [-0.1, -0.05) is 0 Å². The largest absolute Gasteiger partial charge is 0.442 e. The number of hydrogen-bond acceptors (Lipinski definition) is 7. The van der Waals surface area contributed by atoms with E-state index in [-0.39, 0.29) is 12.2 Å². The van der Waals surface area contributed by atoms with Crippen molar-refractivity contribution in [3.05, 3.63) is 24.0 Å². The zero-order chi connectivity index (χ0) is 23.7. The standard InChI is InChI=1S/C16H23FN4O9P2/c17-12-7-10(1-2-13(12)20-5-3-18-4-6-20)21-9-11(30-16(21)23)8-19-14(22)15(31(24,25)26)32(27,28)29/h1-2,7,11,15,18H,3-6,8-9H2,(H,19,22)(H2,24,25,26)(H2,27,28,29). The first-order chi connectivity index (χ1) is 14.9. The van der Waals surface area contributed by atoms with E-state index < -0.39 is 51.1 Å². The molecule has 1 aromatic rings. The number of anilines is 2. The molecule has 1 unspecified atom stereocenters. The fourth-order valence-electron chi connectivity index (χ4n) is 3.47. The predicted octanol–water partition coefficient (Wildman–Crippen LogP) is -0.642. The normalized spacial score (nSPS) is 19.9. The van der Waals surface area contributed by atoms with Gasteiger partial charge in [0.15, 0.2) is 0 Å². The molecule has 0 saturated carbocycles. The smallest absolute Gasteiger partial charge is 0.414 e. The van der Waals surface area contributed by atoms with Gasteiger partial charge in [-0.2, -0.15) is 0 Å². The minimum absolute atomic E-state index is 0.123. The van der Waals surface area contributed by atoms with E-state index in [0.29, 0.717) is 18.8 Å². The Morgan fingerprint density at radius 3 is 2.41 bits per heavy atom. The van der Waals surface area contributed by atoms with Crippen molar-refractivity contribution in [2.24, 2.45) is 0 Å². The van der Waals surface area contributed by atoms with Gasteiger partial charge in [0.1, 0.15) is 11.9 Å². The lowest BCUT2D eigenvalue weighted by atomic mass is 10.2. The molecule has 0 spiro atoms. The van der Waals surface area contributed by atoms with Crippen molar-refractivity contribution >= 4 is 38.6 Å². The molecule has 2 aliphatic rings. The maximum atomic E-state index is 14.6. The average molecular weight is 496 g/mol. The van der Waals surface area contributed by atoms with Crippen LogP contribution in [0.5, 0.6) is 0 Å². The SMILES string of the molecule is O=C(NCC1CN(c2ccc(N3CCNCC3)c(F)c2)C(=O)O1)C(P(=O)(O)O)P(=O)(O)O. The lowest BCUT2D eigenvalue weighted by molar-refractivity contribution is -0.120. The van der Waals surface area contributed by atoms with Crippen LogP contribution in [-0.2, 0) is 18.7 Å². The van der Waals surface area contributed by atoms with Crippen LogP contribution in [0.2, 0.25) is 0 Å². The van der Waals surface area contributed by atoms with Crippen molar-refractivity contribution in [2.75, 3.05) is 49.1 Å². The topological polar surface area (TPSA) is 189 Å². The second-order valence-corrected chi connectivity index (χ2v) is 11.1. The Balaban J connectivity index is 1.64. The Bertz CT molecular complexity index is 956. The summed E-state index contributed by atoms with van der Waals surface area (Å²) in [5, 5.41) is 2.28. The maximum absolute atomic E-state index is 14.6. The summed E-state index contributed by atoms with van der Waals surface area (Å²) in [5.74, 6) is -2.10. The molecule has 2 amide bonds. The molecule has 3 rings (SSSR count). The van der Waals surface area contributed by atoms with Gasteiger partial charge in [-0.05, 0) is 18.2 Å². The molecule has 2 saturated heterocycles. The zero-order valence-corrected chi connectivity index (χ0v) is 18.4. The number of benzene rings is 1.